The van der Waals surface area contributed by atoms with Crippen molar-refractivity contribution < 1.29 is 0 Å². The molecule has 3 aromatic rings. The van der Waals surface area contributed by atoms with E-state index in [1.807, 2.05) is 0 Å². The van der Waals surface area contributed by atoms with E-state index in [9.17, 15) is 0 Å². The van der Waals surface area contributed by atoms with Gasteiger partial charge in [-0.3, -0.25) is 0 Å². The van der Waals surface area contributed by atoms with Gasteiger partial charge in [-0.2, -0.15) is 0 Å². The summed E-state index contributed by atoms with van der Waals surface area (Å²) in [6.07, 6.45) is 0. The molecule has 3 aromatic carbocycles. The highest BCUT2D eigenvalue weighted by Crippen LogP contribution is 2.25. The Balaban J connectivity index is 1.91. The third-order valence-electron chi connectivity index (χ3n) is 3.77. The zero-order chi connectivity index (χ0) is 14.9. The lowest BCUT2D eigenvalue weighted by Gasteiger charge is -2.16. The van der Waals surface area contributed by atoms with Crippen molar-refractivity contribution in [2.24, 2.45) is 0 Å². The molecule has 0 radical (unpaired) electrons. The average Bonchev–Trinajstić information content (AvgIpc) is 2.46. The average molecular weight is 290 g/mol. The lowest BCUT2D eigenvalue weighted by molar-refractivity contribution is 1.31. The van der Waals surface area contributed by atoms with E-state index >= 15 is 0 Å². The van der Waals surface area contributed by atoms with Gasteiger partial charge in [-0.15, -0.1) is 0 Å². The van der Waals surface area contributed by atoms with Gasteiger partial charge in [0.2, 0.25) is 0 Å². The monoisotopic (exact) mass is 290 g/mol. The number of fused-ring (bicyclic) bond motifs is 1. The predicted molar refractivity (Wildman–Crippen MR) is 96.4 cm³/mol. The van der Waals surface area contributed by atoms with Crippen LogP contribution in [0.15, 0.2) is 66.7 Å². The molecule has 1 heteroatoms. The summed E-state index contributed by atoms with van der Waals surface area (Å²) in [6, 6.07) is 25.6. The molecular weight excluding hydrogens is 268 g/mol. The quantitative estimate of drug-likeness (QED) is 0.525. The number of benzene rings is 3. The van der Waals surface area contributed by atoms with Crippen molar-refractivity contribution in [2.45, 2.75) is 25.7 Å². The van der Waals surface area contributed by atoms with Crippen LogP contribution < -0.4 is 0 Å². The highest BCUT2D eigenvalue weighted by molar-refractivity contribution is 6.75. The Hall–Kier alpha value is -1.86. The Morgan fingerprint density at radius 2 is 1.29 bits per heavy atom. The van der Waals surface area contributed by atoms with Crippen molar-refractivity contribution in [3.05, 3.63) is 72.3 Å². The van der Waals surface area contributed by atoms with Crippen molar-refractivity contribution in [3.8, 4) is 11.1 Å². The summed E-state index contributed by atoms with van der Waals surface area (Å²) in [6.45, 7) is 7.26. The maximum atomic E-state index is 2.42. The molecule has 106 valence electrons. The normalized spacial score (nSPS) is 11.8. The van der Waals surface area contributed by atoms with Gasteiger partial charge in [-0.25, -0.2) is 0 Å². The maximum absolute atomic E-state index is 2.42. The fourth-order valence-corrected chi connectivity index (χ4v) is 4.26. The van der Waals surface area contributed by atoms with Gasteiger partial charge in [0.25, 0.3) is 0 Å². The predicted octanol–water partition coefficient (Wildman–Crippen LogP) is 5.93. The zero-order valence-electron chi connectivity index (χ0n) is 13.1. The molecule has 0 aliphatic heterocycles. The van der Waals surface area contributed by atoms with E-state index in [1.54, 1.807) is 0 Å². The maximum Gasteiger partial charge on any atom is 0.0487 e. The Labute approximate surface area is 128 Å². The van der Waals surface area contributed by atoms with E-state index in [4.69, 9.17) is 0 Å². The van der Waals surface area contributed by atoms with Gasteiger partial charge in [0.1, 0.15) is 0 Å². The Kier molecular flexibility index (Phi) is 3.69. The molecule has 0 nitrogen and oxygen atoms in total. The van der Waals surface area contributed by atoms with Gasteiger partial charge in [-0.05, 0) is 34.0 Å². The van der Waals surface area contributed by atoms with Crippen LogP contribution in [0.2, 0.25) is 19.6 Å². The van der Waals surface area contributed by atoms with Crippen LogP contribution in [0.1, 0.15) is 5.56 Å². The number of rotatable bonds is 3. The van der Waals surface area contributed by atoms with Crippen LogP contribution in [0.4, 0.5) is 0 Å². The highest BCUT2D eigenvalue weighted by Gasteiger charge is 2.13. The molecule has 0 aliphatic carbocycles. The third kappa shape index (κ3) is 3.42. The second-order valence-corrected chi connectivity index (χ2v) is 12.5. The summed E-state index contributed by atoms with van der Waals surface area (Å²) in [7, 11) is -1.03. The van der Waals surface area contributed by atoms with E-state index in [2.05, 4.69) is 86.4 Å². The third-order valence-corrected chi connectivity index (χ3v) is 5.24. The van der Waals surface area contributed by atoms with Gasteiger partial charge in [0, 0.05) is 8.07 Å². The molecule has 0 spiro atoms. The minimum absolute atomic E-state index is 1.03. The van der Waals surface area contributed by atoms with Gasteiger partial charge >= 0.3 is 0 Å². The van der Waals surface area contributed by atoms with Gasteiger partial charge in [-0.1, -0.05) is 85.9 Å². The molecule has 0 saturated carbocycles. The molecule has 3 rings (SSSR count). The molecule has 0 atom stereocenters. The van der Waals surface area contributed by atoms with Gasteiger partial charge in [0.05, 0.1) is 0 Å². The SMILES string of the molecule is C[Si](C)(C)Cc1ccc(-c2ccc3ccccc3c2)cc1. The Bertz CT molecular complexity index is 749. The summed E-state index contributed by atoms with van der Waals surface area (Å²) >= 11 is 0. The van der Waals surface area contributed by atoms with Crippen molar-refractivity contribution in [1.29, 1.82) is 0 Å². The largest absolute Gasteiger partial charge is 0.0693 e. The van der Waals surface area contributed by atoms with E-state index in [0.29, 0.717) is 0 Å². The smallest absolute Gasteiger partial charge is 0.0487 e. The molecule has 0 amide bonds. The molecule has 0 aromatic heterocycles. The second-order valence-electron chi connectivity index (χ2n) is 7.00. The lowest BCUT2D eigenvalue weighted by atomic mass is 10.0. The summed E-state index contributed by atoms with van der Waals surface area (Å²) in [4.78, 5) is 0. The molecule has 0 saturated heterocycles. The van der Waals surface area contributed by atoms with Crippen molar-refractivity contribution >= 4 is 18.8 Å². The molecule has 0 N–H and O–H groups in total. The van der Waals surface area contributed by atoms with Crippen LogP contribution in [-0.2, 0) is 6.04 Å². The topological polar surface area (TPSA) is 0 Å². The van der Waals surface area contributed by atoms with E-state index in [-0.39, 0.29) is 0 Å². The molecule has 0 bridgehead atoms. The van der Waals surface area contributed by atoms with E-state index < -0.39 is 8.07 Å². The minimum atomic E-state index is -1.03. The minimum Gasteiger partial charge on any atom is -0.0693 e. The fourth-order valence-electron chi connectivity index (χ4n) is 2.80. The Morgan fingerprint density at radius 1 is 0.667 bits per heavy atom. The fraction of sp³-hybridized carbons (Fsp3) is 0.200. The van der Waals surface area contributed by atoms with Crippen molar-refractivity contribution in [3.63, 3.8) is 0 Å². The zero-order valence-corrected chi connectivity index (χ0v) is 14.1. The number of hydrogen-bond acceptors (Lipinski definition) is 0. The van der Waals surface area contributed by atoms with Gasteiger partial charge < -0.3 is 0 Å². The van der Waals surface area contributed by atoms with Crippen LogP contribution in [0.25, 0.3) is 21.9 Å². The first kappa shape index (κ1) is 14.1. The van der Waals surface area contributed by atoms with E-state index in [0.717, 1.165) is 0 Å². The van der Waals surface area contributed by atoms with E-state index in [1.165, 1.54) is 33.5 Å². The number of hydrogen-bond donors (Lipinski definition) is 0. The first-order valence-corrected chi connectivity index (χ1v) is 11.3. The van der Waals surface area contributed by atoms with Gasteiger partial charge in [0.15, 0.2) is 0 Å². The molecule has 21 heavy (non-hydrogen) atoms. The van der Waals surface area contributed by atoms with Crippen LogP contribution in [-0.4, -0.2) is 8.07 Å². The van der Waals surface area contributed by atoms with Crippen LogP contribution in [0.3, 0.4) is 0 Å². The summed E-state index contributed by atoms with van der Waals surface area (Å²) < 4.78 is 0. The second kappa shape index (κ2) is 5.49. The van der Waals surface area contributed by atoms with Crippen molar-refractivity contribution in [2.75, 3.05) is 0 Å². The molecule has 0 aliphatic rings. The first-order chi connectivity index (χ1) is 10.0. The highest BCUT2D eigenvalue weighted by atomic mass is 28.3. The summed E-state index contributed by atoms with van der Waals surface area (Å²) in [5, 5.41) is 2.61. The Morgan fingerprint density at radius 3 is 1.95 bits per heavy atom. The summed E-state index contributed by atoms with van der Waals surface area (Å²) in [5.74, 6) is 0. The van der Waals surface area contributed by atoms with Crippen molar-refractivity contribution in [1.82, 2.24) is 0 Å². The van der Waals surface area contributed by atoms with Crippen LogP contribution in [0, 0.1) is 0 Å². The van der Waals surface area contributed by atoms with Crippen LogP contribution in [0.5, 0.6) is 0 Å². The molecule has 0 fully saturated rings. The van der Waals surface area contributed by atoms with Crippen LogP contribution >= 0.6 is 0 Å². The molecular formula is C20H22Si. The molecule has 0 unspecified atom stereocenters. The standard InChI is InChI=1S/C20H22Si/c1-21(2,3)15-16-8-10-18(11-9-16)20-13-12-17-6-4-5-7-19(17)14-20/h4-14H,15H2,1-3H3. The summed E-state index contributed by atoms with van der Waals surface area (Å²) in [5.41, 5.74) is 4.08. The first-order valence-electron chi connectivity index (χ1n) is 7.59. The lowest BCUT2D eigenvalue weighted by Crippen LogP contribution is -2.23. The molecule has 0 heterocycles.